The molecule has 2 aliphatic rings. The third-order valence-corrected chi connectivity index (χ3v) is 2.23. The van der Waals surface area contributed by atoms with E-state index in [0.29, 0.717) is 0 Å². The van der Waals surface area contributed by atoms with Crippen molar-refractivity contribution in [2.45, 2.75) is 13.3 Å². The van der Waals surface area contributed by atoms with Crippen LogP contribution in [0.1, 0.15) is 13.3 Å². The van der Waals surface area contributed by atoms with Gasteiger partial charge in [0.25, 0.3) is 0 Å². The maximum absolute atomic E-state index is 2.28. The molecule has 0 N–H and O–H groups in total. The first-order valence-electron chi connectivity index (χ1n) is 4.42. The van der Waals surface area contributed by atoms with Crippen molar-refractivity contribution in [2.75, 3.05) is 6.54 Å². The molecule has 0 aromatic heterocycles. The molecule has 0 aromatic rings. The lowest BCUT2D eigenvalue weighted by molar-refractivity contribution is 0.517. The van der Waals surface area contributed by atoms with Crippen LogP contribution in [0.4, 0.5) is 0 Å². The van der Waals surface area contributed by atoms with Crippen molar-refractivity contribution >= 4 is 0 Å². The lowest BCUT2D eigenvalue weighted by Gasteiger charge is -2.26. The molecular weight excluding hydrogens is 146 g/mol. The molecule has 0 amide bonds. The van der Waals surface area contributed by atoms with Crippen LogP contribution in [-0.4, -0.2) is 11.4 Å². The number of allylic oxidation sites excluding steroid dienone is 5. The molecule has 0 spiro atoms. The first kappa shape index (κ1) is 7.41. The molecule has 1 nitrogen and oxygen atoms in total. The van der Waals surface area contributed by atoms with Gasteiger partial charge in [-0.1, -0.05) is 25.2 Å². The fourth-order valence-corrected chi connectivity index (χ4v) is 1.47. The topological polar surface area (TPSA) is 3.24 Å². The molecule has 0 aliphatic carbocycles. The van der Waals surface area contributed by atoms with E-state index in [-0.39, 0.29) is 0 Å². The Labute approximate surface area is 73.4 Å². The summed E-state index contributed by atoms with van der Waals surface area (Å²) in [5, 5.41) is 0. The zero-order valence-electron chi connectivity index (χ0n) is 7.33. The van der Waals surface area contributed by atoms with Crippen LogP contribution in [0.3, 0.4) is 0 Å². The van der Waals surface area contributed by atoms with E-state index in [1.807, 2.05) is 0 Å². The van der Waals surface area contributed by atoms with Gasteiger partial charge in [0.15, 0.2) is 0 Å². The third-order valence-electron chi connectivity index (χ3n) is 2.23. The van der Waals surface area contributed by atoms with Crippen LogP contribution in [0, 0.1) is 0 Å². The van der Waals surface area contributed by atoms with Gasteiger partial charge < -0.3 is 4.90 Å². The van der Waals surface area contributed by atoms with E-state index in [2.05, 4.69) is 48.4 Å². The van der Waals surface area contributed by atoms with E-state index in [0.717, 1.165) is 13.0 Å². The molecule has 0 atom stereocenters. The van der Waals surface area contributed by atoms with Gasteiger partial charge in [-0.15, -0.1) is 0 Å². The Morgan fingerprint density at radius 1 is 1.42 bits per heavy atom. The van der Waals surface area contributed by atoms with Crippen molar-refractivity contribution in [3.63, 3.8) is 0 Å². The Hall–Kier alpha value is -1.24. The maximum atomic E-state index is 2.28. The highest BCUT2D eigenvalue weighted by atomic mass is 15.1. The summed E-state index contributed by atoms with van der Waals surface area (Å²) in [7, 11) is 0. The van der Waals surface area contributed by atoms with Gasteiger partial charge in [-0.2, -0.15) is 0 Å². The predicted octanol–water partition coefficient (Wildman–Crippen LogP) is 2.61. The minimum absolute atomic E-state index is 1.01. The number of hydrogen-bond acceptors (Lipinski definition) is 1. The number of nitrogens with zero attached hydrogens (tertiary/aromatic N) is 1. The fraction of sp³-hybridized carbons (Fsp3) is 0.273. The van der Waals surface area contributed by atoms with Crippen molar-refractivity contribution < 1.29 is 0 Å². The first-order valence-corrected chi connectivity index (χ1v) is 4.42. The first-order chi connectivity index (χ1) is 5.90. The molecule has 2 aliphatic heterocycles. The van der Waals surface area contributed by atoms with Gasteiger partial charge in [0.05, 0.1) is 0 Å². The lowest BCUT2D eigenvalue weighted by atomic mass is 10.1. The second-order valence-electron chi connectivity index (χ2n) is 3.06. The molecule has 1 heteroatoms. The quantitative estimate of drug-likeness (QED) is 0.568. The standard InChI is InChI=1S/C11H13N/c1-2-10-6-7-11-5-3-4-8-12(11)9-10/h3-7,9H,2,8H2,1H3. The molecule has 0 bridgehead atoms. The Balaban J connectivity index is 2.26. The van der Waals surface area contributed by atoms with Crippen LogP contribution in [0.2, 0.25) is 0 Å². The molecule has 0 unspecified atom stereocenters. The molecule has 62 valence electrons. The smallest absolute Gasteiger partial charge is 0.0409 e. The van der Waals surface area contributed by atoms with Crippen molar-refractivity contribution in [2.24, 2.45) is 0 Å². The highest BCUT2D eigenvalue weighted by Crippen LogP contribution is 2.20. The average Bonchev–Trinajstić information content (AvgIpc) is 2.17. The van der Waals surface area contributed by atoms with E-state index >= 15 is 0 Å². The summed E-state index contributed by atoms with van der Waals surface area (Å²) in [6, 6.07) is 0. The zero-order chi connectivity index (χ0) is 8.39. The molecule has 0 fully saturated rings. The number of hydrogen-bond donors (Lipinski definition) is 0. The maximum Gasteiger partial charge on any atom is 0.0409 e. The molecule has 12 heavy (non-hydrogen) atoms. The number of rotatable bonds is 1. The van der Waals surface area contributed by atoms with Crippen LogP contribution >= 0.6 is 0 Å². The summed E-state index contributed by atoms with van der Waals surface area (Å²) < 4.78 is 0. The summed E-state index contributed by atoms with van der Waals surface area (Å²) in [4.78, 5) is 2.28. The van der Waals surface area contributed by atoms with Gasteiger partial charge in [0.1, 0.15) is 0 Å². The van der Waals surface area contributed by atoms with Gasteiger partial charge in [0, 0.05) is 18.4 Å². The second kappa shape index (κ2) is 3.02. The van der Waals surface area contributed by atoms with Crippen LogP contribution < -0.4 is 0 Å². The average molecular weight is 159 g/mol. The van der Waals surface area contributed by atoms with Crippen LogP contribution in [0.5, 0.6) is 0 Å². The SMILES string of the molecule is CCC1=CN2CC=CC=C2C=C1. The van der Waals surface area contributed by atoms with E-state index < -0.39 is 0 Å². The number of fused-ring (bicyclic) bond motifs is 1. The summed E-state index contributed by atoms with van der Waals surface area (Å²) in [6.45, 7) is 3.20. The van der Waals surface area contributed by atoms with Gasteiger partial charge in [0.2, 0.25) is 0 Å². The van der Waals surface area contributed by atoms with E-state index in [4.69, 9.17) is 0 Å². The molecule has 0 saturated heterocycles. The summed E-state index contributed by atoms with van der Waals surface area (Å²) in [5.41, 5.74) is 2.71. The molecule has 0 radical (unpaired) electrons. The Kier molecular flexibility index (Phi) is 1.86. The summed E-state index contributed by atoms with van der Waals surface area (Å²) in [5.74, 6) is 0. The molecule has 0 aromatic carbocycles. The summed E-state index contributed by atoms with van der Waals surface area (Å²) in [6.07, 6.45) is 14.2. The monoisotopic (exact) mass is 159 g/mol. The zero-order valence-corrected chi connectivity index (χ0v) is 7.33. The van der Waals surface area contributed by atoms with Crippen molar-refractivity contribution in [1.29, 1.82) is 0 Å². The van der Waals surface area contributed by atoms with Crippen LogP contribution in [0.15, 0.2) is 47.9 Å². The van der Waals surface area contributed by atoms with Crippen molar-refractivity contribution in [3.05, 3.63) is 47.9 Å². The normalized spacial score (nSPS) is 20.2. The van der Waals surface area contributed by atoms with E-state index in [9.17, 15) is 0 Å². The van der Waals surface area contributed by atoms with E-state index in [1.54, 1.807) is 0 Å². The Bertz CT molecular complexity index is 292. The minimum Gasteiger partial charge on any atom is -0.344 e. The third kappa shape index (κ3) is 1.22. The molecule has 2 rings (SSSR count). The van der Waals surface area contributed by atoms with Gasteiger partial charge >= 0.3 is 0 Å². The van der Waals surface area contributed by atoms with Gasteiger partial charge in [-0.3, -0.25) is 0 Å². The minimum atomic E-state index is 1.01. The molecule has 2 heterocycles. The van der Waals surface area contributed by atoms with Gasteiger partial charge in [-0.05, 0) is 24.1 Å². The molecule has 0 saturated carbocycles. The van der Waals surface area contributed by atoms with Crippen molar-refractivity contribution in [1.82, 2.24) is 4.90 Å². The Morgan fingerprint density at radius 3 is 3.17 bits per heavy atom. The second-order valence-corrected chi connectivity index (χ2v) is 3.06. The Morgan fingerprint density at radius 2 is 2.33 bits per heavy atom. The van der Waals surface area contributed by atoms with E-state index in [1.165, 1.54) is 11.3 Å². The van der Waals surface area contributed by atoms with Gasteiger partial charge in [-0.25, -0.2) is 0 Å². The van der Waals surface area contributed by atoms with Crippen LogP contribution in [-0.2, 0) is 0 Å². The fourth-order valence-electron chi connectivity index (χ4n) is 1.47. The lowest BCUT2D eigenvalue weighted by Crippen LogP contribution is -2.20. The van der Waals surface area contributed by atoms with Crippen molar-refractivity contribution in [3.8, 4) is 0 Å². The summed E-state index contributed by atoms with van der Waals surface area (Å²) >= 11 is 0. The molecular formula is C11H13N. The largest absolute Gasteiger partial charge is 0.344 e. The predicted molar refractivity (Wildman–Crippen MR) is 51.4 cm³/mol. The highest BCUT2D eigenvalue weighted by molar-refractivity contribution is 5.37. The van der Waals surface area contributed by atoms with Crippen LogP contribution in [0.25, 0.3) is 0 Å². The highest BCUT2D eigenvalue weighted by Gasteiger charge is 2.09.